The minimum absolute atomic E-state index is 0.00579. The molecule has 106 valence electrons. The molecule has 5 heteroatoms. The van der Waals surface area contributed by atoms with E-state index in [9.17, 15) is 0 Å². The van der Waals surface area contributed by atoms with E-state index in [-0.39, 0.29) is 6.04 Å². The molecule has 0 aliphatic rings. The van der Waals surface area contributed by atoms with Crippen molar-refractivity contribution in [2.45, 2.75) is 12.5 Å². The van der Waals surface area contributed by atoms with Gasteiger partial charge in [-0.25, -0.2) is 0 Å². The quantitative estimate of drug-likeness (QED) is 0.632. The number of benzene rings is 2. The average molecular weight is 356 g/mol. The van der Waals surface area contributed by atoms with Gasteiger partial charge in [0.25, 0.3) is 0 Å². The Labute approximate surface area is 132 Å². The number of hydrogen-bond donors (Lipinski definition) is 2. The summed E-state index contributed by atoms with van der Waals surface area (Å²) >= 11 is 9.49. The van der Waals surface area contributed by atoms with Crippen molar-refractivity contribution in [2.75, 3.05) is 7.11 Å². The van der Waals surface area contributed by atoms with Crippen LogP contribution < -0.4 is 16.0 Å². The lowest BCUT2D eigenvalue weighted by atomic mass is 9.99. The summed E-state index contributed by atoms with van der Waals surface area (Å²) < 4.78 is 6.18. The topological polar surface area (TPSA) is 47.3 Å². The number of methoxy groups -OCH3 is 1. The summed E-state index contributed by atoms with van der Waals surface area (Å²) in [5.74, 6) is 6.54. The molecule has 0 fully saturated rings. The molecule has 3 N–H and O–H groups in total. The summed E-state index contributed by atoms with van der Waals surface area (Å²) in [6.07, 6.45) is 0.758. The van der Waals surface area contributed by atoms with Gasteiger partial charge < -0.3 is 4.74 Å². The maximum absolute atomic E-state index is 5.97. The monoisotopic (exact) mass is 354 g/mol. The molecule has 0 bridgehead atoms. The fourth-order valence-electron chi connectivity index (χ4n) is 2.08. The van der Waals surface area contributed by atoms with E-state index in [0.29, 0.717) is 5.02 Å². The van der Waals surface area contributed by atoms with Gasteiger partial charge in [0.1, 0.15) is 5.75 Å². The van der Waals surface area contributed by atoms with Gasteiger partial charge in [0.05, 0.1) is 13.2 Å². The van der Waals surface area contributed by atoms with E-state index < -0.39 is 0 Å². The summed E-state index contributed by atoms with van der Waals surface area (Å²) in [7, 11) is 1.66. The van der Waals surface area contributed by atoms with E-state index in [4.69, 9.17) is 22.2 Å². The largest absolute Gasteiger partial charge is 0.497 e. The highest BCUT2D eigenvalue weighted by molar-refractivity contribution is 9.10. The minimum Gasteiger partial charge on any atom is -0.497 e. The van der Waals surface area contributed by atoms with Crippen LogP contribution in [0, 0.1) is 0 Å². The van der Waals surface area contributed by atoms with Crippen LogP contribution in [0.1, 0.15) is 17.2 Å². The van der Waals surface area contributed by atoms with Crippen LogP contribution in [0.5, 0.6) is 5.75 Å². The predicted octanol–water partition coefficient (Wildman–Crippen LogP) is 3.86. The molecule has 0 aromatic heterocycles. The van der Waals surface area contributed by atoms with Crippen LogP contribution in [0.3, 0.4) is 0 Å². The third kappa shape index (κ3) is 3.73. The highest BCUT2D eigenvalue weighted by Gasteiger charge is 2.14. The molecule has 0 aliphatic heterocycles. The van der Waals surface area contributed by atoms with Crippen molar-refractivity contribution in [2.24, 2.45) is 5.84 Å². The second-order valence-electron chi connectivity index (χ2n) is 4.44. The van der Waals surface area contributed by atoms with Gasteiger partial charge in [0, 0.05) is 9.50 Å². The van der Waals surface area contributed by atoms with Crippen LogP contribution >= 0.6 is 27.5 Å². The predicted molar refractivity (Wildman–Crippen MR) is 85.9 cm³/mol. The molecule has 2 rings (SSSR count). The number of ether oxygens (including phenoxy) is 1. The molecule has 2 aromatic rings. The second-order valence-corrected chi connectivity index (χ2v) is 5.73. The van der Waals surface area contributed by atoms with Crippen molar-refractivity contribution in [3.8, 4) is 5.75 Å². The Kier molecular flexibility index (Phi) is 5.43. The van der Waals surface area contributed by atoms with Gasteiger partial charge in [-0.1, -0.05) is 45.7 Å². The highest BCUT2D eigenvalue weighted by atomic mass is 79.9. The minimum atomic E-state index is -0.00579. The summed E-state index contributed by atoms with van der Waals surface area (Å²) in [6, 6.07) is 13.6. The van der Waals surface area contributed by atoms with E-state index in [2.05, 4.69) is 27.4 Å². The van der Waals surface area contributed by atoms with Gasteiger partial charge in [0.2, 0.25) is 0 Å². The number of nitrogens with two attached hydrogens (primary N) is 1. The number of hydrazine groups is 1. The second kappa shape index (κ2) is 7.09. The Hall–Kier alpha value is -1.07. The van der Waals surface area contributed by atoms with Crippen LogP contribution in [-0.2, 0) is 6.42 Å². The van der Waals surface area contributed by atoms with E-state index in [0.717, 1.165) is 27.8 Å². The van der Waals surface area contributed by atoms with Gasteiger partial charge >= 0.3 is 0 Å². The molecule has 2 aromatic carbocycles. The average Bonchev–Trinajstić information content (AvgIpc) is 2.45. The summed E-state index contributed by atoms with van der Waals surface area (Å²) in [5.41, 5.74) is 5.07. The van der Waals surface area contributed by atoms with Crippen LogP contribution in [0.15, 0.2) is 46.9 Å². The first-order valence-electron chi connectivity index (χ1n) is 6.18. The molecule has 0 heterocycles. The number of rotatable bonds is 5. The first-order chi connectivity index (χ1) is 9.63. The molecule has 20 heavy (non-hydrogen) atoms. The Morgan fingerprint density at radius 2 is 2.10 bits per heavy atom. The molecule has 0 aliphatic carbocycles. The fourth-order valence-corrected chi connectivity index (χ4v) is 3.04. The highest BCUT2D eigenvalue weighted by Crippen LogP contribution is 2.29. The summed E-state index contributed by atoms with van der Waals surface area (Å²) in [6.45, 7) is 0. The Morgan fingerprint density at radius 3 is 2.75 bits per heavy atom. The van der Waals surface area contributed by atoms with E-state index in [1.54, 1.807) is 7.11 Å². The Balaban J connectivity index is 2.23. The molecule has 0 saturated carbocycles. The third-order valence-corrected chi connectivity index (χ3v) is 4.03. The molecule has 0 saturated heterocycles. The first-order valence-corrected chi connectivity index (χ1v) is 7.35. The number of hydrogen-bond acceptors (Lipinski definition) is 3. The van der Waals surface area contributed by atoms with Crippen LogP contribution in [0.4, 0.5) is 0 Å². The summed E-state index contributed by atoms with van der Waals surface area (Å²) in [4.78, 5) is 0. The Bertz CT molecular complexity index is 592. The van der Waals surface area contributed by atoms with Crippen molar-refractivity contribution in [3.63, 3.8) is 0 Å². The SMILES string of the molecule is COc1cccc(CC(NN)c2ccc(Cl)cc2Br)c1. The van der Waals surface area contributed by atoms with E-state index in [1.165, 1.54) is 0 Å². The molecule has 3 nitrogen and oxygen atoms in total. The van der Waals surface area contributed by atoms with Gasteiger partial charge in [-0.3, -0.25) is 11.3 Å². The summed E-state index contributed by atoms with van der Waals surface area (Å²) in [5, 5.41) is 0.692. The molecule has 0 amide bonds. The molecular weight excluding hydrogens is 340 g/mol. The maximum Gasteiger partial charge on any atom is 0.119 e. The third-order valence-electron chi connectivity index (χ3n) is 3.11. The zero-order valence-corrected chi connectivity index (χ0v) is 13.4. The number of halogens is 2. The fraction of sp³-hybridized carbons (Fsp3) is 0.200. The Morgan fingerprint density at radius 1 is 1.30 bits per heavy atom. The first kappa shape index (κ1) is 15.3. The lowest BCUT2D eigenvalue weighted by Gasteiger charge is -2.18. The zero-order valence-electron chi connectivity index (χ0n) is 11.1. The number of nitrogens with one attached hydrogen (secondary N) is 1. The molecule has 0 spiro atoms. The molecule has 0 radical (unpaired) electrons. The van der Waals surface area contributed by atoms with Gasteiger partial charge in [-0.05, 0) is 41.8 Å². The smallest absolute Gasteiger partial charge is 0.119 e. The lowest BCUT2D eigenvalue weighted by Crippen LogP contribution is -2.29. The van der Waals surface area contributed by atoms with Crippen molar-refractivity contribution < 1.29 is 4.74 Å². The standard InChI is InChI=1S/C15H16BrClN2O/c1-20-12-4-2-3-10(7-12)8-15(19-18)13-6-5-11(17)9-14(13)16/h2-7,9,15,19H,8,18H2,1H3. The van der Waals surface area contributed by atoms with Gasteiger partial charge in [-0.2, -0.15) is 0 Å². The molecule has 1 unspecified atom stereocenters. The van der Waals surface area contributed by atoms with Crippen LogP contribution in [0.2, 0.25) is 5.02 Å². The van der Waals surface area contributed by atoms with Crippen molar-refractivity contribution >= 4 is 27.5 Å². The van der Waals surface area contributed by atoms with Crippen LogP contribution in [-0.4, -0.2) is 7.11 Å². The van der Waals surface area contributed by atoms with Crippen LogP contribution in [0.25, 0.3) is 0 Å². The van der Waals surface area contributed by atoms with E-state index in [1.807, 2.05) is 36.4 Å². The maximum atomic E-state index is 5.97. The van der Waals surface area contributed by atoms with Gasteiger partial charge in [-0.15, -0.1) is 0 Å². The van der Waals surface area contributed by atoms with Crippen molar-refractivity contribution in [3.05, 3.63) is 63.1 Å². The van der Waals surface area contributed by atoms with Gasteiger partial charge in [0.15, 0.2) is 0 Å². The van der Waals surface area contributed by atoms with E-state index >= 15 is 0 Å². The molecule has 1 atom stereocenters. The zero-order chi connectivity index (χ0) is 14.5. The molecular formula is C15H16BrClN2O. The normalized spacial score (nSPS) is 12.2. The van der Waals surface area contributed by atoms with Crippen molar-refractivity contribution in [1.29, 1.82) is 0 Å². The van der Waals surface area contributed by atoms with Crippen molar-refractivity contribution in [1.82, 2.24) is 5.43 Å². The lowest BCUT2D eigenvalue weighted by molar-refractivity contribution is 0.414.